The van der Waals surface area contributed by atoms with Crippen molar-refractivity contribution in [1.82, 2.24) is 9.88 Å². The number of amides is 1. The SMILES string of the molecule is CN(CC1CN(c2ccc3[nH]c(=O)oc3c2)C(=O)O1)[C@H]1CC[C@H](c2ccc(F)cc2)CC1.Cl. The number of fused-ring (bicyclic) bond motifs is 1. The maximum absolute atomic E-state index is 13.2. The van der Waals surface area contributed by atoms with Crippen LogP contribution in [-0.2, 0) is 4.74 Å². The van der Waals surface area contributed by atoms with Gasteiger partial charge in [-0.3, -0.25) is 14.8 Å². The van der Waals surface area contributed by atoms with Crippen molar-refractivity contribution in [3.63, 3.8) is 0 Å². The van der Waals surface area contributed by atoms with Crippen molar-refractivity contribution in [2.24, 2.45) is 0 Å². The maximum atomic E-state index is 13.2. The minimum absolute atomic E-state index is 0. The van der Waals surface area contributed by atoms with Crippen LogP contribution in [0.4, 0.5) is 14.9 Å². The van der Waals surface area contributed by atoms with E-state index in [0.29, 0.717) is 41.8 Å². The Morgan fingerprint density at radius 2 is 1.82 bits per heavy atom. The molecule has 2 aromatic carbocycles. The lowest BCUT2D eigenvalue weighted by atomic mass is 9.81. The molecule has 2 fully saturated rings. The zero-order valence-electron chi connectivity index (χ0n) is 18.3. The van der Waals surface area contributed by atoms with Crippen molar-refractivity contribution >= 4 is 35.3 Å². The fourth-order valence-corrected chi connectivity index (χ4v) is 4.98. The minimum atomic E-state index is -0.519. The van der Waals surface area contributed by atoms with Crippen molar-refractivity contribution in [2.45, 2.75) is 43.7 Å². The molecule has 7 nitrogen and oxygen atoms in total. The van der Waals surface area contributed by atoms with E-state index in [9.17, 15) is 14.0 Å². The van der Waals surface area contributed by atoms with Gasteiger partial charge in [0, 0.05) is 18.7 Å². The average Bonchev–Trinajstić information content (AvgIpc) is 3.34. The Kier molecular flexibility index (Phi) is 6.76. The second kappa shape index (κ2) is 9.57. The number of nitrogens with one attached hydrogen (secondary N) is 1. The topological polar surface area (TPSA) is 78.8 Å². The molecule has 9 heteroatoms. The predicted octanol–water partition coefficient (Wildman–Crippen LogP) is 4.67. The van der Waals surface area contributed by atoms with Gasteiger partial charge in [-0.1, -0.05) is 12.1 Å². The van der Waals surface area contributed by atoms with Crippen LogP contribution in [0.2, 0.25) is 0 Å². The van der Waals surface area contributed by atoms with Gasteiger partial charge in [-0.15, -0.1) is 12.4 Å². The molecule has 176 valence electrons. The molecule has 3 aromatic rings. The van der Waals surface area contributed by atoms with Crippen LogP contribution in [0.1, 0.15) is 37.2 Å². The Morgan fingerprint density at radius 1 is 1.09 bits per heavy atom. The number of rotatable bonds is 5. The van der Waals surface area contributed by atoms with E-state index in [2.05, 4.69) is 16.9 Å². The Morgan fingerprint density at radius 3 is 2.55 bits per heavy atom. The number of anilines is 1. The molecule has 5 rings (SSSR count). The lowest BCUT2D eigenvalue weighted by molar-refractivity contribution is 0.0912. The average molecular weight is 476 g/mol. The van der Waals surface area contributed by atoms with E-state index >= 15 is 0 Å². The highest BCUT2D eigenvalue weighted by molar-refractivity contribution is 5.92. The third-order valence-electron chi connectivity index (χ3n) is 6.74. The van der Waals surface area contributed by atoms with Crippen molar-refractivity contribution in [2.75, 3.05) is 25.0 Å². The van der Waals surface area contributed by atoms with Crippen LogP contribution in [0, 0.1) is 5.82 Å². The Labute approximate surface area is 196 Å². The second-order valence-corrected chi connectivity index (χ2v) is 8.81. The highest BCUT2D eigenvalue weighted by atomic mass is 35.5. The molecule has 0 radical (unpaired) electrons. The summed E-state index contributed by atoms with van der Waals surface area (Å²) < 4.78 is 23.9. The number of hydrogen-bond donors (Lipinski definition) is 1. The lowest BCUT2D eigenvalue weighted by Crippen LogP contribution is -2.40. The van der Waals surface area contributed by atoms with E-state index in [-0.39, 0.29) is 30.4 Å². The van der Waals surface area contributed by atoms with E-state index in [0.717, 1.165) is 25.7 Å². The Balaban J connectivity index is 0.00000259. The van der Waals surface area contributed by atoms with Gasteiger partial charge >= 0.3 is 11.8 Å². The zero-order valence-corrected chi connectivity index (χ0v) is 19.1. The van der Waals surface area contributed by atoms with Crippen LogP contribution in [0.3, 0.4) is 0 Å². The summed E-state index contributed by atoms with van der Waals surface area (Å²) in [5, 5.41) is 0. The van der Waals surface area contributed by atoms with Crippen molar-refractivity contribution < 1.29 is 18.3 Å². The molecule has 1 amide bonds. The summed E-state index contributed by atoms with van der Waals surface area (Å²) in [4.78, 5) is 30.3. The smallest absolute Gasteiger partial charge is 0.417 e. The predicted molar refractivity (Wildman–Crippen MR) is 126 cm³/mol. The summed E-state index contributed by atoms with van der Waals surface area (Å²) in [6, 6.07) is 12.5. The third-order valence-corrected chi connectivity index (χ3v) is 6.74. The Hall–Kier alpha value is -2.84. The zero-order chi connectivity index (χ0) is 22.2. The van der Waals surface area contributed by atoms with Crippen LogP contribution in [0.15, 0.2) is 51.7 Å². The van der Waals surface area contributed by atoms with Gasteiger partial charge in [-0.05, 0) is 68.5 Å². The number of aromatic amines is 1. The van der Waals surface area contributed by atoms with Crippen molar-refractivity contribution in [3.8, 4) is 0 Å². The third kappa shape index (κ3) is 4.91. The van der Waals surface area contributed by atoms with Crippen LogP contribution in [0.5, 0.6) is 0 Å². The highest BCUT2D eigenvalue weighted by Crippen LogP contribution is 2.35. The van der Waals surface area contributed by atoms with E-state index in [1.165, 1.54) is 17.7 Å². The van der Waals surface area contributed by atoms with Crippen molar-refractivity contribution in [1.29, 1.82) is 0 Å². The highest BCUT2D eigenvalue weighted by Gasteiger charge is 2.35. The number of nitrogens with zero attached hydrogens (tertiary/aromatic N) is 2. The monoisotopic (exact) mass is 475 g/mol. The first-order valence-electron chi connectivity index (χ1n) is 11.0. The molecule has 1 saturated carbocycles. The molecule has 1 saturated heterocycles. The summed E-state index contributed by atoms with van der Waals surface area (Å²) in [6.07, 6.45) is 3.65. The summed E-state index contributed by atoms with van der Waals surface area (Å²) >= 11 is 0. The molecule has 1 atom stereocenters. The first kappa shape index (κ1) is 23.3. The van der Waals surface area contributed by atoms with Gasteiger partial charge < -0.3 is 9.15 Å². The molecule has 1 aliphatic heterocycles. The van der Waals surface area contributed by atoms with E-state index in [4.69, 9.17) is 9.15 Å². The number of ether oxygens (including phenoxy) is 1. The van der Waals surface area contributed by atoms with Crippen LogP contribution in [0.25, 0.3) is 11.1 Å². The molecule has 1 aliphatic carbocycles. The number of aromatic nitrogens is 1. The first-order chi connectivity index (χ1) is 15.5. The fraction of sp³-hybridized carbons (Fsp3) is 0.417. The van der Waals surface area contributed by atoms with E-state index < -0.39 is 5.76 Å². The van der Waals surface area contributed by atoms with Gasteiger partial charge in [0.05, 0.1) is 17.7 Å². The lowest BCUT2D eigenvalue weighted by Gasteiger charge is -2.35. The van der Waals surface area contributed by atoms with E-state index in [1.807, 2.05) is 12.1 Å². The number of carbonyl (C=O) groups is 1. The van der Waals surface area contributed by atoms with Crippen LogP contribution < -0.4 is 10.7 Å². The number of H-pyrrole nitrogens is 1. The fourth-order valence-electron chi connectivity index (χ4n) is 4.98. The second-order valence-electron chi connectivity index (χ2n) is 8.81. The standard InChI is InChI=1S/C24H26FN3O4.ClH/c1-27(18-8-4-16(5-9-18)15-2-6-17(25)7-3-15)13-20-14-28(24(30)31-20)19-10-11-21-22(12-19)32-23(29)26-21;/h2-3,6-7,10-12,16,18,20H,4-5,8-9,13-14H2,1H3,(H,26,29);1H/t16-,18-,20?;. The molecule has 0 bridgehead atoms. The number of carbonyl (C=O) groups excluding carboxylic acids is 1. The number of cyclic esters (lactones) is 1. The molecule has 33 heavy (non-hydrogen) atoms. The van der Waals surface area contributed by atoms with Gasteiger partial charge in [-0.25, -0.2) is 14.0 Å². The number of oxazole rings is 1. The summed E-state index contributed by atoms with van der Waals surface area (Å²) in [6.45, 7) is 1.11. The number of halogens is 2. The Bertz CT molecular complexity index is 1170. The largest absolute Gasteiger partial charge is 0.443 e. The first-order valence-corrected chi connectivity index (χ1v) is 11.0. The van der Waals surface area contributed by atoms with Crippen LogP contribution >= 0.6 is 12.4 Å². The number of benzene rings is 2. The maximum Gasteiger partial charge on any atom is 0.417 e. The molecule has 2 heterocycles. The van der Waals surface area contributed by atoms with Gasteiger partial charge in [0.25, 0.3) is 0 Å². The van der Waals surface area contributed by atoms with Gasteiger partial charge in [0.2, 0.25) is 0 Å². The molecular weight excluding hydrogens is 449 g/mol. The summed E-state index contributed by atoms with van der Waals surface area (Å²) in [5.41, 5.74) is 2.87. The van der Waals surface area contributed by atoms with Crippen molar-refractivity contribution in [3.05, 3.63) is 64.4 Å². The molecule has 0 spiro atoms. The van der Waals surface area contributed by atoms with Gasteiger partial charge in [0.1, 0.15) is 11.9 Å². The molecule has 1 aromatic heterocycles. The van der Waals surface area contributed by atoms with E-state index in [1.54, 1.807) is 23.1 Å². The van der Waals surface area contributed by atoms with Gasteiger partial charge in [0.15, 0.2) is 5.58 Å². The minimum Gasteiger partial charge on any atom is -0.443 e. The summed E-state index contributed by atoms with van der Waals surface area (Å²) in [5.74, 6) is -0.238. The molecular formula is C24H27ClFN3O4. The molecule has 1 N–H and O–H groups in total. The normalized spacial score (nSPS) is 23.1. The quantitative estimate of drug-likeness (QED) is 0.580. The van der Waals surface area contributed by atoms with Gasteiger partial charge in [-0.2, -0.15) is 0 Å². The summed E-state index contributed by atoms with van der Waals surface area (Å²) in [7, 11) is 2.08. The molecule has 2 aliphatic rings. The molecule has 1 unspecified atom stereocenters. The number of likely N-dealkylation sites (N-methyl/N-ethyl adjacent to an activating group) is 1. The van der Waals surface area contributed by atoms with Crippen LogP contribution in [-0.4, -0.2) is 48.3 Å². The number of hydrogen-bond acceptors (Lipinski definition) is 5.